The quantitative estimate of drug-likeness (QED) is 0.785. The molecule has 0 amide bonds. The van der Waals surface area contributed by atoms with E-state index in [1.807, 2.05) is 18.2 Å². The molecule has 1 rings (SSSR count). The zero-order valence-electron chi connectivity index (χ0n) is 10.7. The summed E-state index contributed by atoms with van der Waals surface area (Å²) in [5.74, 6) is 0.467. The molecule has 0 saturated heterocycles. The van der Waals surface area contributed by atoms with Gasteiger partial charge in [-0.2, -0.15) is 0 Å². The summed E-state index contributed by atoms with van der Waals surface area (Å²) in [7, 11) is 1.37. The second-order valence-electron chi connectivity index (χ2n) is 3.72. The fourth-order valence-corrected chi connectivity index (χ4v) is 1.93. The molecule has 1 aromatic carbocycles. The van der Waals surface area contributed by atoms with Crippen LogP contribution in [0.3, 0.4) is 0 Å². The van der Waals surface area contributed by atoms with E-state index in [-0.39, 0.29) is 12.4 Å². The van der Waals surface area contributed by atoms with Gasteiger partial charge in [0.25, 0.3) is 0 Å². The second kappa shape index (κ2) is 8.11. The van der Waals surface area contributed by atoms with Gasteiger partial charge in [-0.1, -0.05) is 13.0 Å². The molecular weight excluding hydrogens is 298 g/mol. The molecule has 0 saturated carbocycles. The minimum absolute atomic E-state index is 0.252. The van der Waals surface area contributed by atoms with E-state index in [9.17, 15) is 4.79 Å². The highest BCUT2D eigenvalue weighted by atomic mass is 79.9. The van der Waals surface area contributed by atoms with Gasteiger partial charge in [-0.25, -0.2) is 0 Å². The average molecular weight is 316 g/mol. The molecule has 0 heterocycles. The maximum absolute atomic E-state index is 10.9. The zero-order chi connectivity index (χ0) is 13.4. The van der Waals surface area contributed by atoms with Crippen LogP contribution in [0.15, 0.2) is 22.7 Å². The Kier molecular flexibility index (Phi) is 6.75. The number of halogens is 1. The number of ether oxygens (including phenoxy) is 2. The summed E-state index contributed by atoms with van der Waals surface area (Å²) >= 11 is 3.45. The summed E-state index contributed by atoms with van der Waals surface area (Å²) < 4.78 is 10.9. The van der Waals surface area contributed by atoms with Crippen molar-refractivity contribution in [2.75, 3.05) is 20.3 Å². The van der Waals surface area contributed by atoms with Crippen molar-refractivity contribution >= 4 is 21.9 Å². The third-order valence-corrected chi connectivity index (χ3v) is 2.99. The number of benzene rings is 1. The summed E-state index contributed by atoms with van der Waals surface area (Å²) in [6, 6.07) is 5.91. The van der Waals surface area contributed by atoms with Crippen LogP contribution < -0.4 is 10.1 Å². The molecule has 0 aromatic heterocycles. The molecule has 0 spiro atoms. The van der Waals surface area contributed by atoms with Crippen molar-refractivity contribution in [2.45, 2.75) is 19.9 Å². The van der Waals surface area contributed by atoms with Crippen LogP contribution in [0.25, 0.3) is 0 Å². The normalized spacial score (nSPS) is 10.2. The number of esters is 1. The largest absolute Gasteiger partial charge is 0.492 e. The predicted molar refractivity (Wildman–Crippen MR) is 73.7 cm³/mol. The van der Waals surface area contributed by atoms with Crippen molar-refractivity contribution in [3.05, 3.63) is 28.2 Å². The van der Waals surface area contributed by atoms with Crippen LogP contribution in [0, 0.1) is 0 Å². The smallest absolute Gasteiger partial charge is 0.308 e. The summed E-state index contributed by atoms with van der Waals surface area (Å²) in [4.78, 5) is 10.9. The predicted octanol–water partition coefficient (Wildman–Crippen LogP) is 2.50. The van der Waals surface area contributed by atoms with Gasteiger partial charge >= 0.3 is 5.97 Å². The van der Waals surface area contributed by atoms with Crippen molar-refractivity contribution < 1.29 is 14.3 Å². The van der Waals surface area contributed by atoms with Crippen molar-refractivity contribution in [2.24, 2.45) is 0 Å². The molecule has 0 fully saturated rings. The highest BCUT2D eigenvalue weighted by Crippen LogP contribution is 2.26. The van der Waals surface area contributed by atoms with Gasteiger partial charge < -0.3 is 14.8 Å². The highest BCUT2D eigenvalue weighted by molar-refractivity contribution is 9.10. The van der Waals surface area contributed by atoms with Crippen molar-refractivity contribution in [3.63, 3.8) is 0 Å². The van der Waals surface area contributed by atoms with Gasteiger partial charge in [-0.15, -0.1) is 0 Å². The molecule has 0 radical (unpaired) electrons. The van der Waals surface area contributed by atoms with Crippen LogP contribution in [-0.4, -0.2) is 26.2 Å². The van der Waals surface area contributed by atoms with Crippen molar-refractivity contribution in [1.29, 1.82) is 0 Å². The first kappa shape index (κ1) is 15.0. The Balaban J connectivity index is 2.49. The molecule has 0 unspecified atom stereocenters. The zero-order valence-corrected chi connectivity index (χ0v) is 12.2. The first-order valence-corrected chi connectivity index (χ1v) is 6.65. The number of nitrogens with one attached hydrogen (secondary N) is 1. The summed E-state index contributed by atoms with van der Waals surface area (Å²) in [6.45, 7) is 4.16. The van der Waals surface area contributed by atoms with Gasteiger partial charge in [-0.05, 0) is 40.2 Å². The molecule has 0 bridgehead atoms. The third-order valence-electron chi connectivity index (χ3n) is 2.37. The molecule has 0 aliphatic heterocycles. The lowest BCUT2D eigenvalue weighted by Gasteiger charge is -2.09. The third kappa shape index (κ3) is 5.06. The number of rotatable bonds is 7. The van der Waals surface area contributed by atoms with E-state index in [1.54, 1.807) is 0 Å². The molecule has 0 aliphatic carbocycles. The van der Waals surface area contributed by atoms with Gasteiger partial charge in [0, 0.05) is 6.54 Å². The molecule has 0 atom stereocenters. The summed E-state index contributed by atoms with van der Waals surface area (Å²) in [6.07, 6.45) is 0.252. The Bertz CT molecular complexity index is 396. The van der Waals surface area contributed by atoms with Crippen LogP contribution >= 0.6 is 15.9 Å². The van der Waals surface area contributed by atoms with E-state index in [4.69, 9.17) is 4.74 Å². The Hall–Kier alpha value is -1.07. The molecule has 4 nitrogen and oxygen atoms in total. The lowest BCUT2D eigenvalue weighted by molar-refractivity contribution is -0.141. The van der Waals surface area contributed by atoms with Crippen LogP contribution in [0.4, 0.5) is 0 Å². The molecule has 1 N–H and O–H groups in total. The standard InChI is InChI=1S/C13H18BrNO3/c1-3-15-9-10-4-5-12(11(14)8-10)18-7-6-13(16)17-2/h4-5,8,15H,3,6-7,9H2,1-2H3. The Morgan fingerprint density at radius 2 is 2.22 bits per heavy atom. The van der Waals surface area contributed by atoms with Crippen molar-refractivity contribution in [3.8, 4) is 5.75 Å². The first-order valence-electron chi connectivity index (χ1n) is 5.86. The van der Waals surface area contributed by atoms with Gasteiger partial charge in [0.15, 0.2) is 0 Å². The van der Waals surface area contributed by atoms with E-state index in [0.717, 1.165) is 23.3 Å². The molecular formula is C13H18BrNO3. The van der Waals surface area contributed by atoms with E-state index in [1.165, 1.54) is 12.7 Å². The van der Waals surface area contributed by atoms with E-state index in [0.29, 0.717) is 6.61 Å². The fraction of sp³-hybridized carbons (Fsp3) is 0.462. The Morgan fingerprint density at radius 1 is 1.44 bits per heavy atom. The number of hydrogen-bond acceptors (Lipinski definition) is 4. The van der Waals surface area contributed by atoms with E-state index in [2.05, 4.69) is 32.9 Å². The van der Waals surface area contributed by atoms with Crippen LogP contribution in [-0.2, 0) is 16.1 Å². The molecule has 18 heavy (non-hydrogen) atoms. The Morgan fingerprint density at radius 3 is 2.83 bits per heavy atom. The Labute approximate surface area is 116 Å². The van der Waals surface area contributed by atoms with Crippen molar-refractivity contribution in [1.82, 2.24) is 5.32 Å². The number of carbonyl (C=O) groups is 1. The first-order chi connectivity index (χ1) is 8.67. The summed E-state index contributed by atoms with van der Waals surface area (Å²) in [5.41, 5.74) is 1.18. The lowest BCUT2D eigenvalue weighted by Crippen LogP contribution is -2.11. The number of carbonyl (C=O) groups excluding carboxylic acids is 1. The van der Waals surface area contributed by atoms with Gasteiger partial charge in [0.2, 0.25) is 0 Å². The molecule has 0 aliphatic rings. The number of methoxy groups -OCH3 is 1. The second-order valence-corrected chi connectivity index (χ2v) is 4.57. The molecule has 5 heteroatoms. The maximum atomic E-state index is 10.9. The van der Waals surface area contributed by atoms with Gasteiger partial charge in [-0.3, -0.25) is 4.79 Å². The van der Waals surface area contributed by atoms with Gasteiger partial charge in [0.05, 0.1) is 24.6 Å². The van der Waals surface area contributed by atoms with E-state index >= 15 is 0 Å². The van der Waals surface area contributed by atoms with Gasteiger partial charge in [0.1, 0.15) is 5.75 Å². The van der Waals surface area contributed by atoms with Crippen LogP contribution in [0.5, 0.6) is 5.75 Å². The highest BCUT2D eigenvalue weighted by Gasteiger charge is 2.05. The van der Waals surface area contributed by atoms with Crippen LogP contribution in [0.1, 0.15) is 18.9 Å². The number of hydrogen-bond donors (Lipinski definition) is 1. The minimum atomic E-state index is -0.269. The van der Waals surface area contributed by atoms with Crippen LogP contribution in [0.2, 0.25) is 0 Å². The SMILES string of the molecule is CCNCc1ccc(OCCC(=O)OC)c(Br)c1. The minimum Gasteiger partial charge on any atom is -0.492 e. The monoisotopic (exact) mass is 315 g/mol. The van der Waals surface area contributed by atoms with E-state index < -0.39 is 0 Å². The average Bonchev–Trinajstić information content (AvgIpc) is 2.38. The molecule has 1 aromatic rings. The fourth-order valence-electron chi connectivity index (χ4n) is 1.39. The lowest BCUT2D eigenvalue weighted by atomic mass is 10.2. The molecule has 100 valence electrons. The summed E-state index contributed by atoms with van der Waals surface area (Å²) in [5, 5.41) is 3.25. The topological polar surface area (TPSA) is 47.6 Å². The maximum Gasteiger partial charge on any atom is 0.308 e.